The molecule has 1 rings (SSSR count). The maximum Gasteiger partial charge on any atom is 0.221 e. The summed E-state index contributed by atoms with van der Waals surface area (Å²) < 4.78 is 5.32. The van der Waals surface area contributed by atoms with Gasteiger partial charge in [0.25, 0.3) is 0 Å². The van der Waals surface area contributed by atoms with E-state index in [2.05, 4.69) is 10.6 Å². The van der Waals surface area contributed by atoms with E-state index >= 15 is 0 Å². The van der Waals surface area contributed by atoms with Gasteiger partial charge in [0.2, 0.25) is 5.91 Å². The third kappa shape index (κ3) is 6.86. The molecule has 0 bridgehead atoms. The molecule has 0 aromatic rings. The lowest BCUT2D eigenvalue weighted by Gasteiger charge is -2.27. The molecule has 0 unspecified atom stereocenters. The van der Waals surface area contributed by atoms with Crippen LogP contribution in [0.3, 0.4) is 0 Å². The lowest BCUT2D eigenvalue weighted by atomic mass is 9.87. The first-order valence-electron chi connectivity index (χ1n) is 6.20. The lowest BCUT2D eigenvalue weighted by molar-refractivity contribution is -0.121. The summed E-state index contributed by atoms with van der Waals surface area (Å²) in [6.45, 7) is 1.58. The molecule has 2 N–H and O–H groups in total. The monoisotopic (exact) mass is 264 g/mol. The molecule has 1 aliphatic carbocycles. The van der Waals surface area contributed by atoms with Crippen molar-refractivity contribution >= 4 is 18.3 Å². The Bertz CT molecular complexity index is 207. The van der Waals surface area contributed by atoms with Gasteiger partial charge in [-0.3, -0.25) is 4.79 Å². The molecule has 0 radical (unpaired) electrons. The molecular formula is C12H25ClN2O2. The molecule has 0 heterocycles. The normalized spacial score (nSPS) is 23.9. The molecule has 1 aliphatic rings. The van der Waals surface area contributed by atoms with Gasteiger partial charge in [-0.2, -0.15) is 0 Å². The average Bonchev–Trinajstić information content (AvgIpc) is 2.34. The minimum absolute atomic E-state index is 0. The molecule has 0 atom stereocenters. The van der Waals surface area contributed by atoms with E-state index in [1.165, 1.54) is 12.8 Å². The Balaban J connectivity index is 0.00000256. The van der Waals surface area contributed by atoms with Crippen LogP contribution in [-0.4, -0.2) is 39.3 Å². The summed E-state index contributed by atoms with van der Waals surface area (Å²) in [4.78, 5) is 11.4. The van der Waals surface area contributed by atoms with Crippen LogP contribution in [0, 0.1) is 5.92 Å². The van der Waals surface area contributed by atoms with Gasteiger partial charge in [-0.05, 0) is 38.6 Å². The summed E-state index contributed by atoms with van der Waals surface area (Å²) in [6.07, 6.45) is 5.62. The Morgan fingerprint density at radius 2 is 1.94 bits per heavy atom. The van der Waals surface area contributed by atoms with Crippen molar-refractivity contribution in [3.63, 3.8) is 0 Å². The number of methoxy groups -OCH3 is 1. The number of halogens is 1. The van der Waals surface area contributed by atoms with Crippen LogP contribution in [0.4, 0.5) is 0 Å². The van der Waals surface area contributed by atoms with E-state index in [0.29, 0.717) is 18.4 Å². The number of hydrogen-bond acceptors (Lipinski definition) is 3. The smallest absolute Gasteiger partial charge is 0.221 e. The van der Waals surface area contributed by atoms with Crippen LogP contribution in [0.15, 0.2) is 0 Å². The van der Waals surface area contributed by atoms with Gasteiger partial charge >= 0.3 is 0 Å². The number of nitrogens with one attached hydrogen (secondary N) is 2. The van der Waals surface area contributed by atoms with Gasteiger partial charge in [-0.25, -0.2) is 0 Å². The quantitative estimate of drug-likeness (QED) is 0.761. The standard InChI is InChI=1S/C12H24N2O2.ClH/c1-13-8-7-12(15)14-9-10-3-5-11(16-2)6-4-10;/h10-11,13H,3-9H2,1-2H3,(H,14,15);1H. The van der Waals surface area contributed by atoms with Gasteiger partial charge in [-0.15, -0.1) is 12.4 Å². The number of ether oxygens (including phenoxy) is 1. The second-order valence-corrected chi connectivity index (χ2v) is 4.54. The van der Waals surface area contributed by atoms with E-state index in [4.69, 9.17) is 4.74 Å². The number of carbonyl (C=O) groups excluding carboxylic acids is 1. The number of rotatable bonds is 6. The van der Waals surface area contributed by atoms with Crippen molar-refractivity contribution in [1.29, 1.82) is 0 Å². The first-order valence-corrected chi connectivity index (χ1v) is 6.20. The van der Waals surface area contributed by atoms with Crippen LogP contribution in [0.5, 0.6) is 0 Å². The third-order valence-corrected chi connectivity index (χ3v) is 3.32. The number of amides is 1. The molecule has 0 spiro atoms. The molecule has 0 saturated heterocycles. The van der Waals surface area contributed by atoms with Gasteiger partial charge < -0.3 is 15.4 Å². The van der Waals surface area contributed by atoms with Gasteiger partial charge in [-0.1, -0.05) is 0 Å². The molecule has 0 aromatic carbocycles. The van der Waals surface area contributed by atoms with Crippen molar-refractivity contribution in [3.8, 4) is 0 Å². The van der Waals surface area contributed by atoms with E-state index in [1.807, 2.05) is 7.05 Å². The summed E-state index contributed by atoms with van der Waals surface area (Å²) in [5.41, 5.74) is 0. The van der Waals surface area contributed by atoms with Crippen molar-refractivity contribution in [1.82, 2.24) is 10.6 Å². The van der Waals surface area contributed by atoms with Crippen molar-refractivity contribution in [2.45, 2.75) is 38.2 Å². The predicted molar refractivity (Wildman–Crippen MR) is 71.6 cm³/mol. The Hall–Kier alpha value is -0.320. The minimum atomic E-state index is 0. The highest BCUT2D eigenvalue weighted by molar-refractivity contribution is 5.85. The molecular weight excluding hydrogens is 240 g/mol. The molecule has 1 fully saturated rings. The molecule has 5 heteroatoms. The SMILES string of the molecule is CNCCC(=O)NCC1CCC(OC)CC1.Cl. The van der Waals surface area contributed by atoms with Crippen molar-refractivity contribution in [2.75, 3.05) is 27.2 Å². The highest BCUT2D eigenvalue weighted by Crippen LogP contribution is 2.25. The van der Waals surface area contributed by atoms with Crippen molar-refractivity contribution in [2.24, 2.45) is 5.92 Å². The number of carbonyl (C=O) groups is 1. The second kappa shape index (κ2) is 9.68. The Morgan fingerprint density at radius 1 is 1.29 bits per heavy atom. The van der Waals surface area contributed by atoms with Crippen LogP contribution < -0.4 is 10.6 Å². The fourth-order valence-electron chi connectivity index (χ4n) is 2.16. The van der Waals surface area contributed by atoms with Crippen molar-refractivity contribution in [3.05, 3.63) is 0 Å². The minimum Gasteiger partial charge on any atom is -0.381 e. The first kappa shape index (κ1) is 16.7. The molecule has 102 valence electrons. The maximum absolute atomic E-state index is 11.4. The molecule has 0 aliphatic heterocycles. The van der Waals surface area contributed by atoms with E-state index in [-0.39, 0.29) is 18.3 Å². The maximum atomic E-state index is 11.4. The Morgan fingerprint density at radius 3 is 2.47 bits per heavy atom. The molecule has 0 aromatic heterocycles. The third-order valence-electron chi connectivity index (χ3n) is 3.32. The lowest BCUT2D eigenvalue weighted by Crippen LogP contribution is -2.33. The van der Waals surface area contributed by atoms with Crippen LogP contribution in [-0.2, 0) is 9.53 Å². The van der Waals surface area contributed by atoms with Crippen LogP contribution in [0.2, 0.25) is 0 Å². The van der Waals surface area contributed by atoms with Gasteiger partial charge in [0, 0.05) is 26.6 Å². The average molecular weight is 265 g/mol. The van der Waals surface area contributed by atoms with E-state index in [9.17, 15) is 4.79 Å². The fourth-order valence-corrected chi connectivity index (χ4v) is 2.16. The highest BCUT2D eigenvalue weighted by Gasteiger charge is 2.20. The first-order chi connectivity index (χ1) is 7.76. The zero-order chi connectivity index (χ0) is 11.8. The summed E-state index contributed by atoms with van der Waals surface area (Å²) in [5.74, 6) is 0.799. The van der Waals surface area contributed by atoms with Gasteiger partial charge in [0.1, 0.15) is 0 Å². The molecule has 4 nitrogen and oxygen atoms in total. The Labute approximate surface area is 110 Å². The van der Waals surface area contributed by atoms with Gasteiger partial charge in [0.15, 0.2) is 0 Å². The summed E-state index contributed by atoms with van der Waals surface area (Å²) >= 11 is 0. The second-order valence-electron chi connectivity index (χ2n) is 4.54. The Kier molecular flexibility index (Phi) is 9.50. The zero-order valence-corrected chi connectivity index (χ0v) is 11.6. The van der Waals surface area contributed by atoms with Crippen LogP contribution in [0.25, 0.3) is 0 Å². The molecule has 1 saturated carbocycles. The largest absolute Gasteiger partial charge is 0.381 e. The summed E-state index contributed by atoms with van der Waals surface area (Å²) in [5, 5.41) is 5.97. The van der Waals surface area contributed by atoms with E-state index in [1.54, 1.807) is 7.11 Å². The van der Waals surface area contributed by atoms with Gasteiger partial charge in [0.05, 0.1) is 6.10 Å². The van der Waals surface area contributed by atoms with E-state index in [0.717, 1.165) is 25.9 Å². The molecule has 17 heavy (non-hydrogen) atoms. The van der Waals surface area contributed by atoms with Crippen LogP contribution >= 0.6 is 12.4 Å². The topological polar surface area (TPSA) is 50.4 Å². The van der Waals surface area contributed by atoms with Crippen molar-refractivity contribution < 1.29 is 9.53 Å². The molecule has 1 amide bonds. The number of hydrogen-bond donors (Lipinski definition) is 2. The summed E-state index contributed by atoms with van der Waals surface area (Å²) in [6, 6.07) is 0. The van der Waals surface area contributed by atoms with E-state index < -0.39 is 0 Å². The zero-order valence-electron chi connectivity index (χ0n) is 10.8. The fraction of sp³-hybridized carbons (Fsp3) is 0.917. The van der Waals surface area contributed by atoms with Crippen LogP contribution in [0.1, 0.15) is 32.1 Å². The summed E-state index contributed by atoms with van der Waals surface area (Å²) in [7, 11) is 3.64. The predicted octanol–water partition coefficient (Wildman–Crippen LogP) is 1.34. The highest BCUT2D eigenvalue weighted by atomic mass is 35.5.